The van der Waals surface area contributed by atoms with Crippen molar-refractivity contribution in [2.24, 2.45) is 5.41 Å². The van der Waals surface area contributed by atoms with E-state index in [2.05, 4.69) is 5.32 Å². The van der Waals surface area contributed by atoms with Gasteiger partial charge in [0.2, 0.25) is 5.91 Å². The molecule has 2 N–H and O–H groups in total. The van der Waals surface area contributed by atoms with Crippen molar-refractivity contribution in [1.29, 1.82) is 0 Å². The fourth-order valence-electron chi connectivity index (χ4n) is 2.61. The molecule has 2 heterocycles. The molecular formula is C12H18N2O4S. The summed E-state index contributed by atoms with van der Waals surface area (Å²) in [4.78, 5) is 36.2. The summed E-state index contributed by atoms with van der Waals surface area (Å²) in [5.41, 5.74) is -0.690. The maximum absolute atomic E-state index is 12.2. The number of carboxylic acids is 1. The molecule has 0 bridgehead atoms. The average molecular weight is 286 g/mol. The van der Waals surface area contributed by atoms with Gasteiger partial charge >= 0.3 is 5.97 Å². The van der Waals surface area contributed by atoms with Crippen molar-refractivity contribution >= 4 is 28.9 Å². The highest BCUT2D eigenvalue weighted by Gasteiger charge is 2.42. The van der Waals surface area contributed by atoms with Gasteiger partial charge in [0.25, 0.3) is 5.24 Å². The first kappa shape index (κ1) is 14.2. The second-order valence-corrected chi connectivity index (χ2v) is 6.05. The minimum atomic E-state index is -0.771. The van der Waals surface area contributed by atoms with Crippen LogP contribution in [0.5, 0.6) is 0 Å². The number of carboxylic acid groups (broad SMARTS) is 1. The van der Waals surface area contributed by atoms with Crippen LogP contribution in [0.3, 0.4) is 0 Å². The molecule has 2 saturated heterocycles. The van der Waals surface area contributed by atoms with Crippen LogP contribution in [0.1, 0.15) is 26.2 Å². The van der Waals surface area contributed by atoms with Crippen LogP contribution < -0.4 is 5.32 Å². The molecule has 2 fully saturated rings. The van der Waals surface area contributed by atoms with Gasteiger partial charge in [-0.05, 0) is 19.3 Å². The van der Waals surface area contributed by atoms with Gasteiger partial charge in [-0.15, -0.1) is 0 Å². The predicted octanol–water partition coefficient (Wildman–Crippen LogP) is 0.915. The Morgan fingerprint density at radius 1 is 1.47 bits per heavy atom. The van der Waals surface area contributed by atoms with Crippen molar-refractivity contribution in [3.05, 3.63) is 0 Å². The lowest BCUT2D eigenvalue weighted by molar-refractivity contribution is -0.154. The van der Waals surface area contributed by atoms with Crippen LogP contribution in [0.4, 0.5) is 4.79 Å². The number of hydrogen-bond acceptors (Lipinski definition) is 4. The van der Waals surface area contributed by atoms with Gasteiger partial charge in [-0.1, -0.05) is 18.7 Å². The second kappa shape index (κ2) is 5.40. The summed E-state index contributed by atoms with van der Waals surface area (Å²) < 4.78 is 0. The van der Waals surface area contributed by atoms with Crippen LogP contribution in [0.25, 0.3) is 0 Å². The molecule has 0 spiro atoms. The van der Waals surface area contributed by atoms with Gasteiger partial charge in [-0.3, -0.25) is 14.4 Å². The van der Waals surface area contributed by atoms with E-state index in [4.69, 9.17) is 0 Å². The Hall–Kier alpha value is -1.24. The molecule has 7 heteroatoms. The largest absolute Gasteiger partial charge is 0.481 e. The standard InChI is InChI=1S/C12H18N2O4S/c1-2-12(10(16)17)3-5-14(6-4-12)9(15)8-7-19-11(18)13-8/h8H,2-7H2,1H3,(H,13,18)(H,16,17). The lowest BCUT2D eigenvalue weighted by atomic mass is 9.76. The van der Waals surface area contributed by atoms with E-state index in [1.165, 1.54) is 0 Å². The Balaban J connectivity index is 1.94. The number of nitrogens with zero attached hydrogens (tertiary/aromatic N) is 1. The van der Waals surface area contributed by atoms with Gasteiger partial charge in [-0.25, -0.2) is 0 Å². The Labute approximate surface area is 115 Å². The van der Waals surface area contributed by atoms with Gasteiger partial charge in [0.15, 0.2) is 0 Å². The van der Waals surface area contributed by atoms with Gasteiger partial charge in [-0.2, -0.15) is 0 Å². The Kier molecular flexibility index (Phi) is 4.03. The normalized spacial score (nSPS) is 26.1. The van der Waals surface area contributed by atoms with Crippen molar-refractivity contribution in [2.75, 3.05) is 18.8 Å². The molecule has 0 aromatic carbocycles. The minimum absolute atomic E-state index is 0.0894. The molecule has 2 rings (SSSR count). The van der Waals surface area contributed by atoms with Crippen LogP contribution in [-0.2, 0) is 9.59 Å². The summed E-state index contributed by atoms with van der Waals surface area (Å²) in [5, 5.41) is 11.8. The van der Waals surface area contributed by atoms with E-state index < -0.39 is 17.4 Å². The smallest absolute Gasteiger partial charge is 0.309 e. The SMILES string of the molecule is CCC1(C(=O)O)CCN(C(=O)C2CSC(=O)N2)CC1. The van der Waals surface area contributed by atoms with E-state index in [1.807, 2.05) is 6.92 Å². The van der Waals surface area contributed by atoms with E-state index >= 15 is 0 Å². The molecule has 2 aliphatic rings. The predicted molar refractivity (Wildman–Crippen MR) is 71.0 cm³/mol. The highest BCUT2D eigenvalue weighted by molar-refractivity contribution is 8.14. The molecule has 2 amide bonds. The number of likely N-dealkylation sites (tertiary alicyclic amines) is 1. The molecule has 0 aliphatic carbocycles. The van der Waals surface area contributed by atoms with Gasteiger partial charge in [0, 0.05) is 18.8 Å². The molecule has 19 heavy (non-hydrogen) atoms. The zero-order valence-electron chi connectivity index (χ0n) is 10.8. The van der Waals surface area contributed by atoms with Crippen molar-refractivity contribution in [1.82, 2.24) is 10.2 Å². The summed E-state index contributed by atoms with van der Waals surface area (Å²) in [7, 11) is 0. The molecule has 0 saturated carbocycles. The third kappa shape index (κ3) is 2.70. The zero-order chi connectivity index (χ0) is 14.0. The highest BCUT2D eigenvalue weighted by Crippen LogP contribution is 2.35. The van der Waals surface area contributed by atoms with Crippen molar-refractivity contribution in [3.8, 4) is 0 Å². The summed E-state index contributed by atoms with van der Waals surface area (Å²) in [6.07, 6.45) is 1.55. The lowest BCUT2D eigenvalue weighted by Gasteiger charge is -2.39. The number of rotatable bonds is 3. The first-order valence-corrected chi connectivity index (χ1v) is 7.42. The van der Waals surface area contributed by atoms with Crippen molar-refractivity contribution in [2.45, 2.75) is 32.2 Å². The first-order chi connectivity index (χ1) is 8.98. The van der Waals surface area contributed by atoms with Crippen LogP contribution >= 0.6 is 11.8 Å². The van der Waals surface area contributed by atoms with E-state index in [0.29, 0.717) is 38.1 Å². The fourth-order valence-corrected chi connectivity index (χ4v) is 3.38. The number of hydrogen-bond donors (Lipinski definition) is 2. The van der Waals surface area contributed by atoms with Crippen LogP contribution in [-0.4, -0.2) is 52.0 Å². The van der Waals surface area contributed by atoms with Crippen molar-refractivity contribution < 1.29 is 19.5 Å². The van der Waals surface area contributed by atoms with Crippen LogP contribution in [0.15, 0.2) is 0 Å². The summed E-state index contributed by atoms with van der Waals surface area (Å²) in [6, 6.07) is -0.448. The van der Waals surface area contributed by atoms with E-state index in [9.17, 15) is 19.5 Å². The molecule has 0 aromatic heterocycles. The van der Waals surface area contributed by atoms with Crippen LogP contribution in [0.2, 0.25) is 0 Å². The van der Waals surface area contributed by atoms with Crippen LogP contribution in [0, 0.1) is 5.41 Å². The maximum atomic E-state index is 12.2. The Bertz CT molecular complexity index is 405. The molecule has 2 aliphatic heterocycles. The summed E-state index contributed by atoms with van der Waals surface area (Å²) >= 11 is 1.12. The number of carbonyl (C=O) groups is 3. The molecule has 6 nitrogen and oxygen atoms in total. The van der Waals surface area contributed by atoms with Gasteiger partial charge < -0.3 is 15.3 Å². The van der Waals surface area contributed by atoms with Crippen molar-refractivity contribution in [3.63, 3.8) is 0 Å². The third-order valence-electron chi connectivity index (χ3n) is 4.13. The summed E-state index contributed by atoms with van der Waals surface area (Å²) in [6.45, 7) is 2.78. The van der Waals surface area contributed by atoms with Gasteiger partial charge in [0.05, 0.1) is 5.41 Å². The lowest BCUT2D eigenvalue weighted by Crippen LogP contribution is -2.51. The quantitative estimate of drug-likeness (QED) is 0.805. The molecule has 106 valence electrons. The van der Waals surface area contributed by atoms with E-state index in [1.54, 1.807) is 4.90 Å². The minimum Gasteiger partial charge on any atom is -0.481 e. The molecule has 1 unspecified atom stereocenters. The maximum Gasteiger partial charge on any atom is 0.309 e. The third-order valence-corrected chi connectivity index (χ3v) is 5.01. The number of thioether (sulfide) groups is 1. The number of amides is 2. The second-order valence-electron chi connectivity index (χ2n) is 5.06. The average Bonchev–Trinajstić information content (AvgIpc) is 2.84. The molecule has 0 radical (unpaired) electrons. The topological polar surface area (TPSA) is 86.7 Å². The highest BCUT2D eigenvalue weighted by atomic mass is 32.2. The Morgan fingerprint density at radius 3 is 2.53 bits per heavy atom. The first-order valence-electron chi connectivity index (χ1n) is 6.44. The van der Waals surface area contributed by atoms with E-state index in [-0.39, 0.29) is 11.1 Å². The molecule has 0 aromatic rings. The Morgan fingerprint density at radius 2 is 2.11 bits per heavy atom. The number of carbonyl (C=O) groups excluding carboxylic acids is 2. The fraction of sp³-hybridized carbons (Fsp3) is 0.750. The molecule has 1 atom stereocenters. The van der Waals surface area contributed by atoms with Gasteiger partial charge in [0.1, 0.15) is 6.04 Å². The number of nitrogens with one attached hydrogen (secondary N) is 1. The monoisotopic (exact) mass is 286 g/mol. The number of aliphatic carboxylic acids is 1. The number of piperidine rings is 1. The van der Waals surface area contributed by atoms with E-state index in [0.717, 1.165) is 11.8 Å². The zero-order valence-corrected chi connectivity index (χ0v) is 11.7. The molecular weight excluding hydrogens is 268 g/mol. The summed E-state index contributed by atoms with van der Waals surface area (Å²) in [5.74, 6) is -0.397.